The van der Waals surface area contributed by atoms with Crippen molar-refractivity contribution >= 4 is 6.16 Å². The van der Waals surface area contributed by atoms with Gasteiger partial charge in [-0.2, -0.15) is 0 Å². The van der Waals surface area contributed by atoms with Gasteiger partial charge in [-0.3, -0.25) is 0 Å². The van der Waals surface area contributed by atoms with Crippen molar-refractivity contribution in [3.63, 3.8) is 0 Å². The number of benzene rings is 1. The Bertz CT molecular complexity index is 1150. The summed E-state index contributed by atoms with van der Waals surface area (Å²) < 4.78 is 11.9. The van der Waals surface area contributed by atoms with Gasteiger partial charge in [0.05, 0.1) is 0 Å². The van der Waals surface area contributed by atoms with Crippen LogP contribution in [0.2, 0.25) is 0 Å². The highest BCUT2D eigenvalue weighted by Crippen LogP contribution is 2.67. The Morgan fingerprint density at radius 1 is 0.870 bits per heavy atom. The predicted octanol–water partition coefficient (Wildman–Crippen LogP) is 12.9. The van der Waals surface area contributed by atoms with Crippen molar-refractivity contribution in [1.82, 2.24) is 0 Å². The van der Waals surface area contributed by atoms with Gasteiger partial charge in [0.25, 0.3) is 0 Å². The van der Waals surface area contributed by atoms with Gasteiger partial charge in [-0.25, -0.2) is 4.79 Å². The number of unbranched alkanes of at least 4 members (excludes halogenated alkanes) is 6. The van der Waals surface area contributed by atoms with E-state index >= 15 is 0 Å². The Hall–Kier alpha value is -1.77. The van der Waals surface area contributed by atoms with Crippen LogP contribution in [-0.2, 0) is 11.2 Å². The second-order valence-corrected chi connectivity index (χ2v) is 17.1. The van der Waals surface area contributed by atoms with Crippen LogP contribution < -0.4 is 4.74 Å². The maximum Gasteiger partial charge on any atom is 0.514 e. The summed E-state index contributed by atoms with van der Waals surface area (Å²) in [7, 11) is 0. The number of hydrogen-bond donors (Lipinski definition) is 0. The summed E-state index contributed by atoms with van der Waals surface area (Å²) in [5.41, 5.74) is 3.47. The first-order valence-corrected chi connectivity index (χ1v) is 19.8. The van der Waals surface area contributed by atoms with E-state index in [4.69, 9.17) is 9.47 Å². The van der Waals surface area contributed by atoms with Gasteiger partial charge in [0.15, 0.2) is 0 Å². The number of carbonyl (C=O) groups excluding carboxylic acids is 1. The maximum absolute atomic E-state index is 13.1. The molecule has 0 aliphatic heterocycles. The Morgan fingerprint density at radius 3 is 2.41 bits per heavy atom. The molecule has 4 aliphatic carbocycles. The first kappa shape index (κ1) is 35.5. The van der Waals surface area contributed by atoms with Crippen LogP contribution in [0.1, 0.15) is 163 Å². The van der Waals surface area contributed by atoms with E-state index < -0.39 is 6.16 Å². The molecule has 0 N–H and O–H groups in total. The maximum atomic E-state index is 13.1. The lowest BCUT2D eigenvalue weighted by Gasteiger charge is -2.58. The van der Waals surface area contributed by atoms with Crippen molar-refractivity contribution in [2.45, 2.75) is 170 Å². The molecule has 8 atom stereocenters. The summed E-state index contributed by atoms with van der Waals surface area (Å²) >= 11 is 0. The highest BCUT2D eigenvalue weighted by molar-refractivity contribution is 5.65. The van der Waals surface area contributed by atoms with Crippen LogP contribution in [0.15, 0.2) is 35.9 Å². The van der Waals surface area contributed by atoms with Gasteiger partial charge in [0.1, 0.15) is 11.9 Å². The van der Waals surface area contributed by atoms with Gasteiger partial charge >= 0.3 is 6.16 Å². The molecule has 46 heavy (non-hydrogen) atoms. The van der Waals surface area contributed by atoms with Crippen LogP contribution in [-0.4, -0.2) is 12.3 Å². The molecule has 0 saturated heterocycles. The van der Waals surface area contributed by atoms with E-state index in [1.54, 1.807) is 5.57 Å². The quantitative estimate of drug-likeness (QED) is 0.0835. The number of hydrogen-bond acceptors (Lipinski definition) is 3. The molecule has 3 fully saturated rings. The largest absolute Gasteiger partial charge is 0.514 e. The minimum Gasteiger partial charge on any atom is -0.430 e. The van der Waals surface area contributed by atoms with E-state index in [0.29, 0.717) is 11.2 Å². The van der Waals surface area contributed by atoms with Crippen LogP contribution in [0.5, 0.6) is 5.75 Å². The molecule has 3 heteroatoms. The van der Waals surface area contributed by atoms with E-state index in [9.17, 15) is 4.79 Å². The van der Waals surface area contributed by atoms with Crippen molar-refractivity contribution in [2.24, 2.45) is 46.3 Å². The topological polar surface area (TPSA) is 35.5 Å². The summed E-state index contributed by atoms with van der Waals surface area (Å²) in [6.07, 6.45) is 26.0. The number of para-hydroxylation sites is 1. The molecule has 5 rings (SSSR count). The van der Waals surface area contributed by atoms with Crippen molar-refractivity contribution < 1.29 is 14.3 Å². The first-order valence-electron chi connectivity index (χ1n) is 19.8. The average Bonchev–Trinajstić information content (AvgIpc) is 3.38. The molecule has 1 aromatic rings. The van der Waals surface area contributed by atoms with Crippen LogP contribution >= 0.6 is 0 Å². The van der Waals surface area contributed by atoms with Crippen molar-refractivity contribution in [3.8, 4) is 5.75 Å². The molecular formula is C43H68O3. The third kappa shape index (κ3) is 8.08. The molecule has 0 spiro atoms. The Kier molecular flexibility index (Phi) is 12.4. The minimum atomic E-state index is -0.525. The number of aryl methyl sites for hydroxylation is 1. The summed E-state index contributed by atoms with van der Waals surface area (Å²) in [4.78, 5) is 13.1. The lowest BCUT2D eigenvalue weighted by molar-refractivity contribution is -0.0597. The summed E-state index contributed by atoms with van der Waals surface area (Å²) in [6.45, 7) is 14.8. The van der Waals surface area contributed by atoms with Gasteiger partial charge in [-0.1, -0.05) is 129 Å². The molecule has 1 aromatic carbocycles. The van der Waals surface area contributed by atoms with E-state index in [0.717, 1.165) is 73.2 Å². The number of ether oxygens (including phenoxy) is 2. The zero-order chi connectivity index (χ0) is 32.7. The second kappa shape index (κ2) is 16.1. The van der Waals surface area contributed by atoms with Crippen molar-refractivity contribution in [3.05, 3.63) is 41.5 Å². The Labute approximate surface area is 283 Å². The lowest BCUT2D eigenvalue weighted by Crippen LogP contribution is -2.51. The summed E-state index contributed by atoms with van der Waals surface area (Å²) in [6, 6.07) is 8.04. The SMILES string of the molecule is CCCCCCCCCc1ccccc1OC(=O)O[C@H]1CC[C@@]2(C)C(=CC[C@H]3[C@@H]4CC[C@H]([C@H](C)CCCC(C)C)[C@@]4(C)CC[C@@H]32)C1. The van der Waals surface area contributed by atoms with Crippen LogP contribution in [0.3, 0.4) is 0 Å². The van der Waals surface area contributed by atoms with E-state index in [2.05, 4.69) is 53.7 Å². The Balaban J connectivity index is 1.14. The van der Waals surface area contributed by atoms with Crippen molar-refractivity contribution in [1.29, 1.82) is 0 Å². The monoisotopic (exact) mass is 633 g/mol. The van der Waals surface area contributed by atoms with Crippen LogP contribution in [0.4, 0.5) is 4.79 Å². The highest BCUT2D eigenvalue weighted by atomic mass is 16.7. The molecule has 0 unspecified atom stereocenters. The third-order valence-electron chi connectivity index (χ3n) is 13.7. The number of carbonyl (C=O) groups is 1. The molecule has 0 amide bonds. The van der Waals surface area contributed by atoms with Crippen LogP contribution in [0, 0.1) is 46.3 Å². The van der Waals surface area contributed by atoms with Crippen LogP contribution in [0.25, 0.3) is 0 Å². The summed E-state index contributed by atoms with van der Waals surface area (Å²) in [5, 5.41) is 0. The second-order valence-electron chi connectivity index (χ2n) is 17.1. The average molecular weight is 633 g/mol. The molecule has 4 aliphatic rings. The smallest absolute Gasteiger partial charge is 0.430 e. The van der Waals surface area contributed by atoms with Gasteiger partial charge in [0.2, 0.25) is 0 Å². The normalized spacial score (nSPS) is 32.7. The highest BCUT2D eigenvalue weighted by Gasteiger charge is 2.59. The molecule has 0 aromatic heterocycles. The van der Waals surface area contributed by atoms with E-state index in [1.807, 2.05) is 18.2 Å². The number of fused-ring (bicyclic) bond motifs is 5. The Morgan fingerprint density at radius 2 is 1.63 bits per heavy atom. The third-order valence-corrected chi connectivity index (χ3v) is 13.7. The lowest BCUT2D eigenvalue weighted by atomic mass is 9.47. The van der Waals surface area contributed by atoms with Crippen molar-refractivity contribution in [2.75, 3.05) is 0 Å². The first-order chi connectivity index (χ1) is 22.2. The van der Waals surface area contributed by atoms with E-state index in [-0.39, 0.29) is 11.5 Å². The summed E-state index contributed by atoms with van der Waals surface area (Å²) in [5.74, 6) is 5.75. The van der Waals surface area contributed by atoms with Gasteiger partial charge in [0, 0.05) is 6.42 Å². The fraction of sp³-hybridized carbons (Fsp3) is 0.791. The predicted molar refractivity (Wildman–Crippen MR) is 192 cm³/mol. The minimum absolute atomic E-state index is 0.0740. The number of allylic oxidation sites excluding steroid dienone is 1. The molecule has 0 heterocycles. The molecule has 258 valence electrons. The van der Waals surface area contributed by atoms with Gasteiger partial charge < -0.3 is 9.47 Å². The molecule has 3 saturated carbocycles. The van der Waals surface area contributed by atoms with Gasteiger partial charge in [-0.05, 0) is 116 Å². The molecule has 0 radical (unpaired) electrons. The standard InChI is InChI=1S/C43H68O3/c1-7-8-9-10-11-12-13-19-33-20-14-15-21-40(33)46-41(44)45-35-26-28-42(5)34(30-35)22-23-36-38-25-24-37(32(4)18-16-17-31(2)3)43(38,6)29-27-39(36)42/h14-15,20-22,31-32,35-39H,7-13,16-19,23-30H2,1-6H3/t32-,35+,36+,37-,38+,39+,42+,43-/m1/s1. The van der Waals surface area contributed by atoms with Gasteiger partial charge in [-0.15, -0.1) is 0 Å². The zero-order valence-electron chi connectivity index (χ0n) is 30.6. The van der Waals surface area contributed by atoms with E-state index in [1.165, 1.54) is 89.9 Å². The number of rotatable bonds is 15. The molecule has 0 bridgehead atoms. The zero-order valence-corrected chi connectivity index (χ0v) is 30.6. The molecule has 3 nitrogen and oxygen atoms in total. The molecular weight excluding hydrogens is 564 g/mol. The fourth-order valence-electron chi connectivity index (χ4n) is 11.1. The fourth-order valence-corrected chi connectivity index (χ4v) is 11.1.